The second-order valence-corrected chi connectivity index (χ2v) is 6.80. The summed E-state index contributed by atoms with van der Waals surface area (Å²) in [5, 5.41) is 6.50. The Hall–Kier alpha value is -2.13. The molecule has 1 aliphatic heterocycles. The summed E-state index contributed by atoms with van der Waals surface area (Å²) in [5.41, 5.74) is 2.46. The van der Waals surface area contributed by atoms with Crippen molar-refractivity contribution in [2.24, 2.45) is 11.8 Å². The summed E-state index contributed by atoms with van der Waals surface area (Å²) >= 11 is 0. The van der Waals surface area contributed by atoms with Crippen molar-refractivity contribution in [3.63, 3.8) is 0 Å². The molecule has 0 saturated carbocycles. The number of hydrogen-bond donors (Lipinski definition) is 2. The second kappa shape index (κ2) is 7.63. The van der Waals surface area contributed by atoms with Gasteiger partial charge in [-0.25, -0.2) is 0 Å². The minimum atomic E-state index is 0.0396. The molecular formula is C21H26N2O. The Bertz CT molecular complexity index is 613. The lowest BCUT2D eigenvalue weighted by atomic mass is 9.84. The van der Waals surface area contributed by atoms with Crippen LogP contribution < -0.4 is 10.6 Å². The van der Waals surface area contributed by atoms with E-state index in [1.807, 2.05) is 19.1 Å². The van der Waals surface area contributed by atoms with Crippen LogP contribution in [0.25, 0.3) is 0 Å². The monoisotopic (exact) mass is 322 g/mol. The molecule has 2 atom stereocenters. The van der Waals surface area contributed by atoms with Crippen molar-refractivity contribution in [2.75, 3.05) is 13.1 Å². The summed E-state index contributed by atoms with van der Waals surface area (Å²) < 4.78 is 0. The van der Waals surface area contributed by atoms with Crippen LogP contribution in [0, 0.1) is 11.8 Å². The molecule has 3 heteroatoms. The predicted octanol–water partition coefficient (Wildman–Crippen LogP) is 3.18. The lowest BCUT2D eigenvalue weighted by Crippen LogP contribution is -2.51. The van der Waals surface area contributed by atoms with E-state index in [2.05, 4.69) is 66.1 Å². The zero-order valence-corrected chi connectivity index (χ0v) is 14.4. The molecule has 0 aliphatic carbocycles. The van der Waals surface area contributed by atoms with E-state index in [9.17, 15) is 4.79 Å². The standard InChI is InChI=1S/C21H26N2O/c1-15(19-13-22-14-19)21(24)23-16(2)20(17-9-5-3-6-10-17)18-11-7-4-8-12-18/h3-12,15-16,19-20,22H,13-14H2,1-2H3,(H,23,24). The summed E-state index contributed by atoms with van der Waals surface area (Å²) in [6.45, 7) is 6.04. The maximum atomic E-state index is 12.6. The fraction of sp³-hybridized carbons (Fsp3) is 0.381. The van der Waals surface area contributed by atoms with Gasteiger partial charge in [0, 0.05) is 17.9 Å². The highest BCUT2D eigenvalue weighted by Gasteiger charge is 2.31. The number of benzene rings is 2. The normalized spacial score (nSPS) is 17.1. The van der Waals surface area contributed by atoms with Crippen LogP contribution in [-0.4, -0.2) is 25.0 Å². The topological polar surface area (TPSA) is 41.1 Å². The van der Waals surface area contributed by atoms with Gasteiger partial charge in [0.15, 0.2) is 0 Å². The van der Waals surface area contributed by atoms with Crippen LogP contribution >= 0.6 is 0 Å². The third kappa shape index (κ3) is 3.68. The first-order chi connectivity index (χ1) is 11.7. The Morgan fingerprint density at radius 2 is 1.46 bits per heavy atom. The SMILES string of the molecule is CC(NC(=O)C(C)C1CNC1)C(c1ccccc1)c1ccccc1. The molecule has 24 heavy (non-hydrogen) atoms. The third-order valence-electron chi connectivity index (χ3n) is 5.12. The maximum absolute atomic E-state index is 12.6. The summed E-state index contributed by atoms with van der Waals surface area (Å²) in [6, 6.07) is 20.9. The molecular weight excluding hydrogens is 296 g/mol. The van der Waals surface area contributed by atoms with E-state index in [0.717, 1.165) is 13.1 Å². The predicted molar refractivity (Wildman–Crippen MR) is 97.9 cm³/mol. The minimum Gasteiger partial charge on any atom is -0.352 e. The fourth-order valence-electron chi connectivity index (χ4n) is 3.41. The molecule has 1 amide bonds. The van der Waals surface area contributed by atoms with Gasteiger partial charge >= 0.3 is 0 Å². The quantitative estimate of drug-likeness (QED) is 0.857. The number of carbonyl (C=O) groups excluding carboxylic acids is 1. The summed E-state index contributed by atoms with van der Waals surface area (Å²) in [6.07, 6.45) is 0. The molecule has 0 aromatic heterocycles. The van der Waals surface area contributed by atoms with Gasteiger partial charge in [0.2, 0.25) is 5.91 Å². The molecule has 0 bridgehead atoms. The molecule has 2 unspecified atom stereocenters. The van der Waals surface area contributed by atoms with Gasteiger partial charge in [-0.05, 0) is 37.1 Å². The highest BCUT2D eigenvalue weighted by molar-refractivity contribution is 5.79. The number of carbonyl (C=O) groups is 1. The fourth-order valence-corrected chi connectivity index (χ4v) is 3.41. The lowest BCUT2D eigenvalue weighted by molar-refractivity contribution is -0.127. The maximum Gasteiger partial charge on any atom is 0.223 e. The largest absolute Gasteiger partial charge is 0.352 e. The molecule has 1 fully saturated rings. The van der Waals surface area contributed by atoms with Crippen molar-refractivity contribution in [1.82, 2.24) is 10.6 Å². The third-order valence-corrected chi connectivity index (χ3v) is 5.12. The molecule has 1 saturated heterocycles. The van der Waals surface area contributed by atoms with E-state index in [1.54, 1.807) is 0 Å². The number of nitrogens with one attached hydrogen (secondary N) is 2. The van der Waals surface area contributed by atoms with Crippen molar-refractivity contribution in [3.05, 3.63) is 71.8 Å². The molecule has 0 spiro atoms. The first-order valence-electron chi connectivity index (χ1n) is 8.78. The number of hydrogen-bond acceptors (Lipinski definition) is 2. The Balaban J connectivity index is 1.79. The zero-order chi connectivity index (χ0) is 16.9. The van der Waals surface area contributed by atoms with Gasteiger partial charge in [-0.3, -0.25) is 4.79 Å². The average molecular weight is 322 g/mol. The molecule has 3 nitrogen and oxygen atoms in total. The smallest absolute Gasteiger partial charge is 0.223 e. The van der Waals surface area contributed by atoms with Crippen molar-refractivity contribution < 1.29 is 4.79 Å². The van der Waals surface area contributed by atoms with Crippen LogP contribution in [0.5, 0.6) is 0 Å². The zero-order valence-electron chi connectivity index (χ0n) is 14.4. The Morgan fingerprint density at radius 1 is 0.958 bits per heavy atom. The molecule has 0 radical (unpaired) electrons. The highest BCUT2D eigenvalue weighted by Crippen LogP contribution is 2.28. The van der Waals surface area contributed by atoms with Gasteiger partial charge in [0.05, 0.1) is 0 Å². The molecule has 2 aromatic carbocycles. The van der Waals surface area contributed by atoms with Crippen LogP contribution in [0.4, 0.5) is 0 Å². The number of amides is 1. The Morgan fingerprint density at radius 3 is 1.88 bits per heavy atom. The van der Waals surface area contributed by atoms with E-state index >= 15 is 0 Å². The van der Waals surface area contributed by atoms with Crippen LogP contribution in [0.15, 0.2) is 60.7 Å². The molecule has 2 N–H and O–H groups in total. The van der Waals surface area contributed by atoms with Gasteiger partial charge in [-0.15, -0.1) is 0 Å². The molecule has 1 heterocycles. The first-order valence-corrected chi connectivity index (χ1v) is 8.78. The van der Waals surface area contributed by atoms with Gasteiger partial charge in [-0.2, -0.15) is 0 Å². The van der Waals surface area contributed by atoms with Crippen molar-refractivity contribution in [2.45, 2.75) is 25.8 Å². The molecule has 126 valence electrons. The van der Waals surface area contributed by atoms with Gasteiger partial charge in [-0.1, -0.05) is 67.6 Å². The van der Waals surface area contributed by atoms with Gasteiger partial charge < -0.3 is 10.6 Å². The average Bonchev–Trinajstić information content (AvgIpc) is 2.55. The molecule has 1 aliphatic rings. The lowest BCUT2D eigenvalue weighted by Gasteiger charge is -2.33. The Kier molecular flexibility index (Phi) is 5.31. The second-order valence-electron chi connectivity index (χ2n) is 6.80. The van der Waals surface area contributed by atoms with E-state index in [-0.39, 0.29) is 23.8 Å². The van der Waals surface area contributed by atoms with Crippen LogP contribution in [0.2, 0.25) is 0 Å². The van der Waals surface area contributed by atoms with Crippen molar-refractivity contribution >= 4 is 5.91 Å². The van der Waals surface area contributed by atoms with Gasteiger partial charge in [0.1, 0.15) is 0 Å². The van der Waals surface area contributed by atoms with Crippen LogP contribution in [0.1, 0.15) is 30.9 Å². The van der Waals surface area contributed by atoms with Crippen molar-refractivity contribution in [1.29, 1.82) is 0 Å². The molecule has 2 aromatic rings. The summed E-state index contributed by atoms with van der Waals surface area (Å²) in [7, 11) is 0. The van der Waals surface area contributed by atoms with Crippen molar-refractivity contribution in [3.8, 4) is 0 Å². The Labute approximate surface area is 144 Å². The van der Waals surface area contributed by atoms with Crippen LogP contribution in [-0.2, 0) is 4.79 Å². The summed E-state index contributed by atoms with van der Waals surface area (Å²) in [4.78, 5) is 12.6. The number of rotatable bonds is 6. The summed E-state index contributed by atoms with van der Waals surface area (Å²) in [5.74, 6) is 0.832. The van der Waals surface area contributed by atoms with Crippen LogP contribution in [0.3, 0.4) is 0 Å². The van der Waals surface area contributed by atoms with E-state index in [0.29, 0.717) is 5.92 Å². The van der Waals surface area contributed by atoms with Gasteiger partial charge in [0.25, 0.3) is 0 Å². The minimum absolute atomic E-state index is 0.0396. The van der Waals surface area contributed by atoms with E-state index < -0.39 is 0 Å². The first kappa shape index (κ1) is 16.7. The van der Waals surface area contributed by atoms with E-state index in [4.69, 9.17) is 0 Å². The van der Waals surface area contributed by atoms with E-state index in [1.165, 1.54) is 11.1 Å². The highest BCUT2D eigenvalue weighted by atomic mass is 16.1. The molecule has 3 rings (SSSR count).